The first kappa shape index (κ1) is 20.8. The first-order valence-electron chi connectivity index (χ1n) is 8.92. The number of rotatable bonds is 9. The van der Waals surface area contributed by atoms with E-state index in [-0.39, 0.29) is 17.4 Å². The molecule has 146 valence electrons. The van der Waals surface area contributed by atoms with Gasteiger partial charge in [-0.15, -0.1) is 0 Å². The van der Waals surface area contributed by atoms with Crippen molar-refractivity contribution in [2.75, 3.05) is 24.0 Å². The highest BCUT2D eigenvalue weighted by Crippen LogP contribution is 2.24. The molecule has 0 spiro atoms. The molecule has 0 fully saturated rings. The zero-order chi connectivity index (χ0) is 19.9. The largest absolute Gasteiger partial charge is 0.484 e. The van der Waals surface area contributed by atoms with E-state index in [1.54, 1.807) is 43.3 Å². The molecule has 0 aliphatic heterocycles. The molecule has 0 bridgehead atoms. The van der Waals surface area contributed by atoms with Crippen LogP contribution < -0.4 is 14.4 Å². The Morgan fingerprint density at radius 1 is 1.07 bits per heavy atom. The Kier molecular flexibility index (Phi) is 7.24. The number of nitrogens with zero attached hydrogens (tertiary/aromatic N) is 1. The maximum Gasteiger partial charge on any atom is 0.264 e. The van der Waals surface area contributed by atoms with Crippen LogP contribution in [0, 0.1) is 5.92 Å². The molecule has 2 rings (SSSR count). The summed E-state index contributed by atoms with van der Waals surface area (Å²) in [5.41, 5.74) is 0.613. The summed E-state index contributed by atoms with van der Waals surface area (Å²) in [6, 6.07) is 15.0. The van der Waals surface area contributed by atoms with Crippen molar-refractivity contribution in [2.24, 2.45) is 5.92 Å². The van der Waals surface area contributed by atoms with Crippen molar-refractivity contribution in [3.05, 3.63) is 54.6 Å². The summed E-state index contributed by atoms with van der Waals surface area (Å²) in [4.78, 5) is 11.9. The van der Waals surface area contributed by atoms with Gasteiger partial charge in [0.05, 0.1) is 10.6 Å². The van der Waals surface area contributed by atoms with Crippen LogP contribution in [0.25, 0.3) is 0 Å². The predicted molar refractivity (Wildman–Crippen MR) is 106 cm³/mol. The standard InChI is InChI=1S/C20H26N2O4S/c1-4-22(17-8-6-5-7-9-17)27(24,25)19-12-10-18(11-13-19)26-15-20(23)21-14-16(2)3/h5-13,16H,4,14-15H2,1-3H3,(H,21,23). The molecular weight excluding hydrogens is 364 g/mol. The third-order valence-electron chi connectivity index (χ3n) is 3.82. The topological polar surface area (TPSA) is 75.7 Å². The summed E-state index contributed by atoms with van der Waals surface area (Å²) in [6.45, 7) is 6.61. The van der Waals surface area contributed by atoms with Gasteiger partial charge in [-0.1, -0.05) is 32.0 Å². The summed E-state index contributed by atoms with van der Waals surface area (Å²) in [7, 11) is -3.67. The quantitative estimate of drug-likeness (QED) is 0.714. The zero-order valence-electron chi connectivity index (χ0n) is 15.9. The molecule has 27 heavy (non-hydrogen) atoms. The second-order valence-corrected chi connectivity index (χ2v) is 8.33. The summed E-state index contributed by atoms with van der Waals surface area (Å²) in [5, 5.41) is 2.76. The zero-order valence-corrected chi connectivity index (χ0v) is 16.7. The van der Waals surface area contributed by atoms with Crippen molar-refractivity contribution < 1.29 is 17.9 Å². The van der Waals surface area contributed by atoms with E-state index in [9.17, 15) is 13.2 Å². The lowest BCUT2D eigenvalue weighted by atomic mass is 10.2. The number of hydrogen-bond donors (Lipinski definition) is 1. The lowest BCUT2D eigenvalue weighted by Gasteiger charge is -2.23. The summed E-state index contributed by atoms with van der Waals surface area (Å²) >= 11 is 0. The number of hydrogen-bond acceptors (Lipinski definition) is 4. The maximum atomic E-state index is 12.9. The molecule has 7 heteroatoms. The number of para-hydroxylation sites is 1. The van der Waals surface area contributed by atoms with E-state index in [0.29, 0.717) is 30.4 Å². The van der Waals surface area contributed by atoms with Crippen LogP contribution in [0.3, 0.4) is 0 Å². The molecule has 0 radical (unpaired) electrons. The second-order valence-electron chi connectivity index (χ2n) is 6.46. The second kappa shape index (κ2) is 9.41. The van der Waals surface area contributed by atoms with Crippen LogP contribution >= 0.6 is 0 Å². The number of amides is 1. The summed E-state index contributed by atoms with van der Waals surface area (Å²) in [6.07, 6.45) is 0. The normalized spacial score (nSPS) is 11.3. The van der Waals surface area contributed by atoms with Crippen LogP contribution in [0.4, 0.5) is 5.69 Å². The third-order valence-corrected chi connectivity index (χ3v) is 5.74. The Hall–Kier alpha value is -2.54. The Bertz CT molecular complexity index is 834. The monoisotopic (exact) mass is 390 g/mol. The number of sulfonamides is 1. The molecule has 2 aromatic carbocycles. The lowest BCUT2D eigenvalue weighted by Crippen LogP contribution is -2.31. The van der Waals surface area contributed by atoms with Crippen LogP contribution in [0.2, 0.25) is 0 Å². The number of carbonyl (C=O) groups excluding carboxylic acids is 1. The molecule has 0 unspecified atom stereocenters. The van der Waals surface area contributed by atoms with Gasteiger partial charge in [0.2, 0.25) is 0 Å². The van der Waals surface area contributed by atoms with Crippen molar-refractivity contribution in [1.29, 1.82) is 0 Å². The van der Waals surface area contributed by atoms with Crippen molar-refractivity contribution in [2.45, 2.75) is 25.7 Å². The van der Waals surface area contributed by atoms with Gasteiger partial charge in [0.15, 0.2) is 6.61 Å². The van der Waals surface area contributed by atoms with Crippen LogP contribution in [-0.4, -0.2) is 34.0 Å². The number of carbonyl (C=O) groups is 1. The van der Waals surface area contributed by atoms with E-state index in [2.05, 4.69) is 5.32 Å². The van der Waals surface area contributed by atoms with Gasteiger partial charge in [0.1, 0.15) is 5.75 Å². The van der Waals surface area contributed by atoms with Gasteiger partial charge in [-0.05, 0) is 49.2 Å². The minimum absolute atomic E-state index is 0.107. The molecule has 0 aliphatic rings. The van der Waals surface area contributed by atoms with Gasteiger partial charge in [0, 0.05) is 13.1 Å². The molecule has 2 aromatic rings. The fourth-order valence-electron chi connectivity index (χ4n) is 2.44. The highest BCUT2D eigenvalue weighted by atomic mass is 32.2. The third kappa shape index (κ3) is 5.72. The Balaban J connectivity index is 2.06. The van der Waals surface area contributed by atoms with Gasteiger partial charge in [-0.2, -0.15) is 0 Å². The van der Waals surface area contributed by atoms with Crippen LogP contribution in [0.15, 0.2) is 59.5 Å². The Labute approximate surface area is 161 Å². The molecule has 6 nitrogen and oxygen atoms in total. The molecule has 0 atom stereocenters. The van der Waals surface area contributed by atoms with E-state index in [1.807, 2.05) is 19.9 Å². The molecule has 0 saturated carbocycles. The molecule has 1 amide bonds. The first-order valence-corrected chi connectivity index (χ1v) is 10.4. The van der Waals surface area contributed by atoms with Gasteiger partial charge in [-0.3, -0.25) is 9.10 Å². The molecule has 0 aliphatic carbocycles. The molecular formula is C20H26N2O4S. The number of benzene rings is 2. The van der Waals surface area contributed by atoms with Crippen LogP contribution in [0.1, 0.15) is 20.8 Å². The van der Waals surface area contributed by atoms with Crippen LogP contribution in [0.5, 0.6) is 5.75 Å². The molecule has 0 heterocycles. The summed E-state index contributed by atoms with van der Waals surface area (Å²) in [5.74, 6) is 0.600. The summed E-state index contributed by atoms with van der Waals surface area (Å²) < 4.78 is 32.6. The predicted octanol–water partition coefficient (Wildman–Crippen LogP) is 3.05. The Morgan fingerprint density at radius 3 is 2.26 bits per heavy atom. The Morgan fingerprint density at radius 2 is 1.70 bits per heavy atom. The van der Waals surface area contributed by atoms with Gasteiger partial charge < -0.3 is 10.1 Å². The number of anilines is 1. The van der Waals surface area contributed by atoms with E-state index in [4.69, 9.17) is 4.74 Å². The van der Waals surface area contributed by atoms with Gasteiger partial charge in [-0.25, -0.2) is 8.42 Å². The average Bonchev–Trinajstić information content (AvgIpc) is 2.66. The van der Waals surface area contributed by atoms with Crippen LogP contribution in [-0.2, 0) is 14.8 Å². The molecule has 0 aromatic heterocycles. The highest BCUT2D eigenvalue weighted by molar-refractivity contribution is 7.92. The van der Waals surface area contributed by atoms with Gasteiger partial charge >= 0.3 is 0 Å². The number of nitrogens with one attached hydrogen (secondary N) is 1. The van der Waals surface area contributed by atoms with Crippen molar-refractivity contribution in [1.82, 2.24) is 5.32 Å². The fraction of sp³-hybridized carbons (Fsp3) is 0.350. The minimum Gasteiger partial charge on any atom is -0.484 e. The van der Waals surface area contributed by atoms with Gasteiger partial charge in [0.25, 0.3) is 15.9 Å². The smallest absolute Gasteiger partial charge is 0.264 e. The molecule has 1 N–H and O–H groups in total. The maximum absolute atomic E-state index is 12.9. The fourth-order valence-corrected chi connectivity index (χ4v) is 3.91. The first-order chi connectivity index (χ1) is 12.8. The van der Waals surface area contributed by atoms with E-state index in [0.717, 1.165) is 0 Å². The molecule has 0 saturated heterocycles. The van der Waals surface area contributed by atoms with Crippen molar-refractivity contribution in [3.63, 3.8) is 0 Å². The SMILES string of the molecule is CCN(c1ccccc1)S(=O)(=O)c1ccc(OCC(=O)NCC(C)C)cc1. The average molecular weight is 391 g/mol. The van der Waals surface area contributed by atoms with Crippen molar-refractivity contribution in [3.8, 4) is 5.75 Å². The van der Waals surface area contributed by atoms with E-state index < -0.39 is 10.0 Å². The number of ether oxygens (including phenoxy) is 1. The van der Waals surface area contributed by atoms with E-state index in [1.165, 1.54) is 16.4 Å². The highest BCUT2D eigenvalue weighted by Gasteiger charge is 2.23. The minimum atomic E-state index is -3.67. The lowest BCUT2D eigenvalue weighted by molar-refractivity contribution is -0.123. The van der Waals surface area contributed by atoms with Crippen molar-refractivity contribution >= 4 is 21.6 Å². The van der Waals surface area contributed by atoms with E-state index >= 15 is 0 Å².